The van der Waals surface area contributed by atoms with Crippen LogP contribution in [0.25, 0.3) is 0 Å². The number of nitrogens with two attached hydrogens (primary N) is 1. The van der Waals surface area contributed by atoms with Gasteiger partial charge in [-0.1, -0.05) is 18.2 Å². The van der Waals surface area contributed by atoms with Crippen LogP contribution in [0.3, 0.4) is 0 Å². The average Bonchev–Trinajstić information content (AvgIpc) is 3.25. The highest BCUT2D eigenvalue weighted by Crippen LogP contribution is 2.39. The summed E-state index contributed by atoms with van der Waals surface area (Å²) in [6.45, 7) is 2.19. The fraction of sp³-hybridized carbons (Fsp3) is 0.467. The highest BCUT2D eigenvalue weighted by atomic mass is 16.2. The van der Waals surface area contributed by atoms with E-state index in [1.165, 1.54) is 0 Å². The molecule has 1 aliphatic carbocycles. The van der Waals surface area contributed by atoms with E-state index in [2.05, 4.69) is 6.07 Å². The summed E-state index contributed by atoms with van der Waals surface area (Å²) in [5.74, 6) is 0.185. The molecule has 4 heteroatoms. The second-order valence-electron chi connectivity index (χ2n) is 5.26. The largest absolute Gasteiger partial charge is 0.317 e. The molecule has 0 heterocycles. The van der Waals surface area contributed by atoms with Gasteiger partial charge in [0.15, 0.2) is 0 Å². The van der Waals surface area contributed by atoms with Crippen molar-refractivity contribution in [1.29, 1.82) is 5.26 Å². The number of carbonyl (C=O) groups is 1. The molecular weight excluding hydrogens is 238 g/mol. The number of rotatable bonds is 5. The molecule has 1 atom stereocenters. The molecule has 19 heavy (non-hydrogen) atoms. The molecule has 0 aromatic heterocycles. The molecule has 4 nitrogen and oxygen atoms in total. The number of benzene rings is 1. The van der Waals surface area contributed by atoms with Gasteiger partial charge in [0.05, 0.1) is 18.0 Å². The van der Waals surface area contributed by atoms with Crippen molar-refractivity contribution in [3.63, 3.8) is 0 Å². The van der Waals surface area contributed by atoms with E-state index in [1.807, 2.05) is 30.3 Å². The highest BCUT2D eigenvalue weighted by molar-refractivity contribution is 6.00. The van der Waals surface area contributed by atoms with Crippen LogP contribution in [0.2, 0.25) is 0 Å². The van der Waals surface area contributed by atoms with Gasteiger partial charge in [-0.15, -0.1) is 0 Å². The maximum atomic E-state index is 12.6. The molecule has 2 N–H and O–H groups in total. The van der Waals surface area contributed by atoms with Crippen LogP contribution in [-0.2, 0) is 4.79 Å². The Morgan fingerprint density at radius 2 is 2.11 bits per heavy atom. The number of amides is 1. The van der Waals surface area contributed by atoms with Crippen molar-refractivity contribution in [2.45, 2.75) is 31.7 Å². The van der Waals surface area contributed by atoms with Gasteiger partial charge >= 0.3 is 0 Å². The van der Waals surface area contributed by atoms with E-state index in [9.17, 15) is 4.79 Å². The third-order valence-corrected chi connectivity index (χ3v) is 3.65. The number of anilines is 1. The monoisotopic (exact) mass is 257 g/mol. The molecule has 100 valence electrons. The lowest BCUT2D eigenvalue weighted by Crippen LogP contribution is -2.55. The summed E-state index contributed by atoms with van der Waals surface area (Å²) >= 11 is 0. The Hall–Kier alpha value is -1.86. The molecule has 0 spiro atoms. The topological polar surface area (TPSA) is 70.1 Å². The van der Waals surface area contributed by atoms with Gasteiger partial charge in [-0.25, -0.2) is 0 Å². The van der Waals surface area contributed by atoms with Gasteiger partial charge in [-0.3, -0.25) is 4.79 Å². The molecule has 1 saturated carbocycles. The van der Waals surface area contributed by atoms with Crippen molar-refractivity contribution < 1.29 is 4.79 Å². The van der Waals surface area contributed by atoms with E-state index in [-0.39, 0.29) is 11.8 Å². The maximum absolute atomic E-state index is 12.6. The van der Waals surface area contributed by atoms with Gasteiger partial charge in [-0.2, -0.15) is 5.26 Å². The normalized spacial score (nSPS) is 17.3. The molecule has 1 fully saturated rings. The lowest BCUT2D eigenvalue weighted by atomic mass is 9.95. The van der Waals surface area contributed by atoms with E-state index in [0.29, 0.717) is 13.0 Å². The summed E-state index contributed by atoms with van der Waals surface area (Å²) in [7, 11) is 0. The van der Waals surface area contributed by atoms with Crippen LogP contribution in [-0.4, -0.2) is 18.0 Å². The first-order valence-electron chi connectivity index (χ1n) is 6.60. The highest BCUT2D eigenvalue weighted by Gasteiger charge is 2.46. The van der Waals surface area contributed by atoms with Gasteiger partial charge in [0, 0.05) is 12.2 Å². The van der Waals surface area contributed by atoms with Crippen LogP contribution in [0.5, 0.6) is 0 Å². The molecule has 0 aliphatic heterocycles. The fourth-order valence-corrected chi connectivity index (χ4v) is 2.27. The lowest BCUT2D eigenvalue weighted by molar-refractivity contribution is -0.123. The lowest BCUT2D eigenvalue weighted by Gasteiger charge is -2.31. The Labute approximate surface area is 113 Å². The van der Waals surface area contributed by atoms with Crippen LogP contribution >= 0.6 is 0 Å². The van der Waals surface area contributed by atoms with E-state index in [1.54, 1.807) is 11.8 Å². The molecular formula is C15H19N3O. The van der Waals surface area contributed by atoms with Crippen LogP contribution in [0, 0.1) is 17.2 Å². The van der Waals surface area contributed by atoms with Gasteiger partial charge in [0.25, 0.3) is 0 Å². The molecule has 0 radical (unpaired) electrons. The summed E-state index contributed by atoms with van der Waals surface area (Å²) in [4.78, 5) is 14.3. The molecule has 0 bridgehead atoms. The van der Waals surface area contributed by atoms with Gasteiger partial charge < -0.3 is 10.6 Å². The number of hydrogen-bond donors (Lipinski definition) is 1. The summed E-state index contributed by atoms with van der Waals surface area (Å²) in [5.41, 5.74) is 6.18. The zero-order valence-electron chi connectivity index (χ0n) is 11.2. The van der Waals surface area contributed by atoms with E-state index < -0.39 is 5.54 Å². The average molecular weight is 257 g/mol. The fourth-order valence-electron chi connectivity index (χ4n) is 2.27. The number of nitriles is 1. The standard InChI is InChI=1S/C15H19N3O/c1-15(17,12-8-9-12)14(19)18(11-5-10-16)13-6-3-2-4-7-13/h2-4,6-7,12H,5,8-9,11,17H2,1H3. The van der Waals surface area contributed by atoms with Crippen LogP contribution < -0.4 is 10.6 Å². The van der Waals surface area contributed by atoms with Crippen LogP contribution in [0.4, 0.5) is 5.69 Å². The van der Waals surface area contributed by atoms with E-state index in [0.717, 1.165) is 18.5 Å². The van der Waals surface area contributed by atoms with Gasteiger partial charge in [0.2, 0.25) is 5.91 Å². The smallest absolute Gasteiger partial charge is 0.247 e. The van der Waals surface area contributed by atoms with Gasteiger partial charge in [-0.05, 0) is 37.8 Å². The molecule has 0 saturated heterocycles. The first-order chi connectivity index (χ1) is 9.07. The van der Waals surface area contributed by atoms with Gasteiger partial charge in [0.1, 0.15) is 0 Å². The van der Waals surface area contributed by atoms with Crippen molar-refractivity contribution in [2.24, 2.45) is 11.7 Å². The summed E-state index contributed by atoms with van der Waals surface area (Å²) in [6.07, 6.45) is 2.33. The number of carbonyl (C=O) groups excluding carboxylic acids is 1. The Bertz CT molecular complexity index is 486. The molecule has 1 amide bonds. The van der Waals surface area contributed by atoms with Crippen molar-refractivity contribution in [2.75, 3.05) is 11.4 Å². The molecule has 2 rings (SSSR count). The SMILES string of the molecule is CC(N)(C(=O)N(CCC#N)c1ccccc1)C1CC1. The molecule has 1 aromatic rings. The predicted octanol–water partition coefficient (Wildman–Crippen LogP) is 2.06. The minimum absolute atomic E-state index is 0.0866. The Morgan fingerprint density at radius 3 is 2.63 bits per heavy atom. The molecule has 1 aliphatic rings. The zero-order chi connectivity index (χ0) is 13.9. The number of para-hydroxylation sites is 1. The predicted molar refractivity (Wildman–Crippen MR) is 74.3 cm³/mol. The Morgan fingerprint density at radius 1 is 1.47 bits per heavy atom. The second kappa shape index (κ2) is 5.41. The quantitative estimate of drug-likeness (QED) is 0.877. The minimum Gasteiger partial charge on any atom is -0.317 e. The Kier molecular flexibility index (Phi) is 3.87. The zero-order valence-corrected chi connectivity index (χ0v) is 11.2. The first-order valence-corrected chi connectivity index (χ1v) is 6.60. The second-order valence-corrected chi connectivity index (χ2v) is 5.26. The third-order valence-electron chi connectivity index (χ3n) is 3.65. The molecule has 1 aromatic carbocycles. The van der Waals surface area contributed by atoms with Crippen molar-refractivity contribution in [1.82, 2.24) is 0 Å². The summed E-state index contributed by atoms with van der Waals surface area (Å²) in [5, 5.41) is 8.75. The third kappa shape index (κ3) is 2.94. The first kappa shape index (κ1) is 13.6. The number of hydrogen-bond acceptors (Lipinski definition) is 3. The van der Waals surface area contributed by atoms with Crippen molar-refractivity contribution in [3.8, 4) is 6.07 Å². The minimum atomic E-state index is -0.828. The van der Waals surface area contributed by atoms with E-state index >= 15 is 0 Å². The van der Waals surface area contributed by atoms with Crippen LogP contribution in [0.15, 0.2) is 30.3 Å². The van der Waals surface area contributed by atoms with Crippen LogP contribution in [0.1, 0.15) is 26.2 Å². The maximum Gasteiger partial charge on any atom is 0.247 e. The van der Waals surface area contributed by atoms with E-state index in [4.69, 9.17) is 11.0 Å². The number of nitrogens with zero attached hydrogens (tertiary/aromatic N) is 2. The molecule has 1 unspecified atom stereocenters. The summed E-state index contributed by atoms with van der Waals surface area (Å²) in [6, 6.07) is 11.5. The van der Waals surface area contributed by atoms with Crippen molar-refractivity contribution >= 4 is 11.6 Å². The van der Waals surface area contributed by atoms with Crippen molar-refractivity contribution in [3.05, 3.63) is 30.3 Å². The summed E-state index contributed by atoms with van der Waals surface area (Å²) < 4.78 is 0. The Balaban J connectivity index is 2.22.